The molecule has 1 aliphatic rings. The third kappa shape index (κ3) is 2.83. The largest absolute Gasteiger partial charge is 0.371 e. The summed E-state index contributed by atoms with van der Waals surface area (Å²) < 4.78 is 1.12. The van der Waals surface area contributed by atoms with Crippen LogP contribution in [0.1, 0.15) is 38.3 Å². The fourth-order valence-corrected chi connectivity index (χ4v) is 2.67. The van der Waals surface area contributed by atoms with Gasteiger partial charge in [-0.15, -0.1) is 0 Å². The molecule has 0 aromatic heterocycles. The molecule has 2 atom stereocenters. The van der Waals surface area contributed by atoms with Gasteiger partial charge >= 0.3 is 0 Å². The van der Waals surface area contributed by atoms with Gasteiger partial charge < -0.3 is 10.6 Å². The number of anilines is 1. The molecule has 0 saturated heterocycles. The Bertz CT molecular complexity index is 399. The lowest BCUT2D eigenvalue weighted by Crippen LogP contribution is -2.32. The van der Waals surface area contributed by atoms with Crippen LogP contribution in [-0.2, 0) is 0 Å². The lowest BCUT2D eigenvalue weighted by molar-refractivity contribution is 0.605. The SMILES string of the molecule is CC(N)c1ccc(Br)cc1N(C)C(C)C1CC1. The second kappa shape index (κ2) is 4.99. The van der Waals surface area contributed by atoms with Crippen molar-refractivity contribution in [1.29, 1.82) is 0 Å². The molecular formula is C14H21BrN2. The molecular weight excluding hydrogens is 276 g/mol. The van der Waals surface area contributed by atoms with Gasteiger partial charge in [0.15, 0.2) is 0 Å². The first-order valence-electron chi connectivity index (χ1n) is 6.28. The van der Waals surface area contributed by atoms with E-state index in [1.165, 1.54) is 24.1 Å². The van der Waals surface area contributed by atoms with Gasteiger partial charge in [0.1, 0.15) is 0 Å². The maximum absolute atomic E-state index is 6.05. The van der Waals surface area contributed by atoms with Crippen molar-refractivity contribution in [2.24, 2.45) is 11.7 Å². The highest BCUT2D eigenvalue weighted by Crippen LogP contribution is 2.38. The predicted octanol–water partition coefficient (Wildman–Crippen LogP) is 3.70. The molecule has 1 aliphatic carbocycles. The summed E-state index contributed by atoms with van der Waals surface area (Å²) in [5.41, 5.74) is 8.54. The molecule has 0 spiro atoms. The summed E-state index contributed by atoms with van der Waals surface area (Å²) in [5, 5.41) is 0. The maximum Gasteiger partial charge on any atom is 0.0425 e. The van der Waals surface area contributed by atoms with Gasteiger partial charge in [-0.1, -0.05) is 22.0 Å². The Balaban J connectivity index is 2.31. The fourth-order valence-electron chi connectivity index (χ4n) is 2.32. The zero-order valence-electron chi connectivity index (χ0n) is 10.8. The first-order chi connectivity index (χ1) is 8.00. The molecule has 1 fully saturated rings. The molecule has 94 valence electrons. The Kier molecular flexibility index (Phi) is 3.79. The Morgan fingerprint density at radius 1 is 1.35 bits per heavy atom. The number of nitrogens with two attached hydrogens (primary N) is 1. The summed E-state index contributed by atoms with van der Waals surface area (Å²) in [4.78, 5) is 2.38. The lowest BCUT2D eigenvalue weighted by atomic mass is 10.0. The number of hydrogen-bond donors (Lipinski definition) is 1. The van der Waals surface area contributed by atoms with E-state index in [0.717, 1.165) is 10.4 Å². The summed E-state index contributed by atoms with van der Waals surface area (Å²) in [5.74, 6) is 0.861. The van der Waals surface area contributed by atoms with Crippen molar-refractivity contribution in [1.82, 2.24) is 0 Å². The van der Waals surface area contributed by atoms with E-state index in [2.05, 4.69) is 53.0 Å². The molecule has 0 bridgehead atoms. The quantitative estimate of drug-likeness (QED) is 0.918. The van der Waals surface area contributed by atoms with Crippen molar-refractivity contribution < 1.29 is 0 Å². The van der Waals surface area contributed by atoms with Crippen molar-refractivity contribution in [3.8, 4) is 0 Å². The third-order valence-corrected chi connectivity index (χ3v) is 4.27. The minimum absolute atomic E-state index is 0.0759. The summed E-state index contributed by atoms with van der Waals surface area (Å²) >= 11 is 3.55. The van der Waals surface area contributed by atoms with Gasteiger partial charge in [0, 0.05) is 29.3 Å². The van der Waals surface area contributed by atoms with E-state index in [-0.39, 0.29) is 6.04 Å². The van der Waals surface area contributed by atoms with Gasteiger partial charge in [0.2, 0.25) is 0 Å². The minimum Gasteiger partial charge on any atom is -0.371 e. The first-order valence-corrected chi connectivity index (χ1v) is 7.08. The molecule has 2 N–H and O–H groups in total. The van der Waals surface area contributed by atoms with E-state index in [4.69, 9.17) is 5.73 Å². The van der Waals surface area contributed by atoms with Crippen LogP contribution in [0.4, 0.5) is 5.69 Å². The average molecular weight is 297 g/mol. The van der Waals surface area contributed by atoms with E-state index in [0.29, 0.717) is 6.04 Å². The van der Waals surface area contributed by atoms with Crippen molar-refractivity contribution in [2.75, 3.05) is 11.9 Å². The van der Waals surface area contributed by atoms with Crippen LogP contribution >= 0.6 is 15.9 Å². The van der Waals surface area contributed by atoms with Gasteiger partial charge in [-0.2, -0.15) is 0 Å². The maximum atomic E-state index is 6.05. The lowest BCUT2D eigenvalue weighted by Gasteiger charge is -2.30. The van der Waals surface area contributed by atoms with Crippen LogP contribution < -0.4 is 10.6 Å². The Morgan fingerprint density at radius 2 is 2.00 bits per heavy atom. The van der Waals surface area contributed by atoms with Crippen LogP contribution in [0.25, 0.3) is 0 Å². The van der Waals surface area contributed by atoms with Crippen LogP contribution in [0.15, 0.2) is 22.7 Å². The summed E-state index contributed by atoms with van der Waals surface area (Å²) in [6, 6.07) is 7.05. The second-order valence-corrected chi connectivity index (χ2v) is 6.10. The van der Waals surface area contributed by atoms with Gasteiger partial charge in [0.25, 0.3) is 0 Å². The normalized spacial score (nSPS) is 18.9. The van der Waals surface area contributed by atoms with Gasteiger partial charge in [-0.25, -0.2) is 0 Å². The Morgan fingerprint density at radius 3 is 2.53 bits per heavy atom. The molecule has 2 nitrogen and oxygen atoms in total. The van der Waals surface area contributed by atoms with Crippen LogP contribution in [0.5, 0.6) is 0 Å². The number of hydrogen-bond acceptors (Lipinski definition) is 2. The second-order valence-electron chi connectivity index (χ2n) is 5.18. The number of rotatable bonds is 4. The zero-order chi connectivity index (χ0) is 12.6. The molecule has 0 radical (unpaired) electrons. The van der Waals surface area contributed by atoms with Gasteiger partial charge in [-0.3, -0.25) is 0 Å². The molecule has 0 heterocycles. The highest BCUT2D eigenvalue weighted by atomic mass is 79.9. The van der Waals surface area contributed by atoms with E-state index in [1.54, 1.807) is 0 Å². The smallest absolute Gasteiger partial charge is 0.0425 e. The summed E-state index contributed by atoms with van der Waals surface area (Å²) in [7, 11) is 2.18. The summed E-state index contributed by atoms with van der Waals surface area (Å²) in [6.07, 6.45) is 2.74. The molecule has 0 aliphatic heterocycles. The number of benzene rings is 1. The van der Waals surface area contributed by atoms with Gasteiger partial charge in [-0.05, 0) is 50.3 Å². The van der Waals surface area contributed by atoms with Crippen molar-refractivity contribution in [3.05, 3.63) is 28.2 Å². The van der Waals surface area contributed by atoms with Crippen LogP contribution in [0.2, 0.25) is 0 Å². The Hall–Kier alpha value is -0.540. The van der Waals surface area contributed by atoms with E-state index in [1.807, 2.05) is 6.92 Å². The van der Waals surface area contributed by atoms with Crippen LogP contribution in [0, 0.1) is 5.92 Å². The summed E-state index contributed by atoms with van der Waals surface area (Å²) in [6.45, 7) is 4.35. The van der Waals surface area contributed by atoms with Crippen molar-refractivity contribution in [2.45, 2.75) is 38.8 Å². The molecule has 0 amide bonds. The zero-order valence-corrected chi connectivity index (χ0v) is 12.4. The highest BCUT2D eigenvalue weighted by molar-refractivity contribution is 9.10. The van der Waals surface area contributed by atoms with E-state index >= 15 is 0 Å². The fraction of sp³-hybridized carbons (Fsp3) is 0.571. The standard InChI is InChI=1S/C14H21BrN2/c1-9(16)13-7-6-12(15)8-14(13)17(3)10(2)11-4-5-11/h6-11H,4-5,16H2,1-3H3. The first kappa shape index (κ1) is 12.9. The molecule has 3 heteroatoms. The van der Waals surface area contributed by atoms with E-state index < -0.39 is 0 Å². The van der Waals surface area contributed by atoms with Crippen molar-refractivity contribution in [3.63, 3.8) is 0 Å². The van der Waals surface area contributed by atoms with Gasteiger partial charge in [0.05, 0.1) is 0 Å². The molecule has 1 saturated carbocycles. The third-order valence-electron chi connectivity index (χ3n) is 3.78. The van der Waals surface area contributed by atoms with Crippen molar-refractivity contribution >= 4 is 21.6 Å². The van der Waals surface area contributed by atoms with Crippen LogP contribution in [0.3, 0.4) is 0 Å². The topological polar surface area (TPSA) is 29.3 Å². The molecule has 2 unspecified atom stereocenters. The number of nitrogens with zero attached hydrogens (tertiary/aromatic N) is 1. The predicted molar refractivity (Wildman–Crippen MR) is 77.3 cm³/mol. The van der Waals surface area contributed by atoms with Crippen LogP contribution in [-0.4, -0.2) is 13.1 Å². The minimum atomic E-state index is 0.0759. The molecule has 17 heavy (non-hydrogen) atoms. The van der Waals surface area contributed by atoms with E-state index in [9.17, 15) is 0 Å². The molecule has 1 aromatic carbocycles. The average Bonchev–Trinajstić information content (AvgIpc) is 3.10. The Labute approximate surface area is 112 Å². The highest BCUT2D eigenvalue weighted by Gasteiger charge is 2.31. The number of halogens is 1. The monoisotopic (exact) mass is 296 g/mol. The molecule has 1 aromatic rings. The molecule has 2 rings (SSSR count).